The third-order valence-corrected chi connectivity index (χ3v) is 7.67. The number of carbonyl (C=O) groups excluding carboxylic acids is 1. The van der Waals surface area contributed by atoms with Gasteiger partial charge in [-0.2, -0.15) is 0 Å². The summed E-state index contributed by atoms with van der Waals surface area (Å²) in [7, 11) is 0. The molecule has 0 aromatic heterocycles. The van der Waals surface area contributed by atoms with Gasteiger partial charge in [-0.05, 0) is 82.5 Å². The second-order valence-electron chi connectivity index (χ2n) is 8.95. The topological polar surface area (TPSA) is 17.1 Å². The van der Waals surface area contributed by atoms with Gasteiger partial charge in [0.05, 0.1) is 0 Å². The number of fused-ring (bicyclic) bond motifs is 7. The Hall–Kier alpha value is -2.15. The molecule has 2 aromatic rings. The summed E-state index contributed by atoms with van der Waals surface area (Å²) in [6, 6.07) is 9.11. The van der Waals surface area contributed by atoms with E-state index in [1.807, 2.05) is 0 Å². The first-order chi connectivity index (χ1) is 13.6. The van der Waals surface area contributed by atoms with E-state index in [4.69, 9.17) is 0 Å². The molecule has 0 N–H and O–H groups in total. The van der Waals surface area contributed by atoms with Gasteiger partial charge in [-0.15, -0.1) is 0 Å². The predicted octanol–water partition coefficient (Wildman–Crippen LogP) is 7.10. The fraction of sp³-hybridized carbons (Fsp3) is 0.444. The Labute approximate surface area is 168 Å². The Kier molecular flexibility index (Phi) is 4.30. The maximum absolute atomic E-state index is 12.4. The summed E-state index contributed by atoms with van der Waals surface area (Å²) in [6.07, 6.45) is 8.83. The van der Waals surface area contributed by atoms with Gasteiger partial charge in [0.1, 0.15) is 0 Å². The zero-order chi connectivity index (χ0) is 19.4. The summed E-state index contributed by atoms with van der Waals surface area (Å²) in [5.41, 5.74) is 12.4. The molecule has 0 bridgehead atoms. The molecule has 3 aliphatic carbocycles. The fourth-order valence-electron chi connectivity index (χ4n) is 5.98. The third-order valence-electron chi connectivity index (χ3n) is 7.67. The molecule has 28 heavy (non-hydrogen) atoms. The molecule has 144 valence electrons. The van der Waals surface area contributed by atoms with Crippen LogP contribution in [0.25, 0.3) is 16.7 Å². The lowest BCUT2D eigenvalue weighted by Crippen LogP contribution is -2.03. The summed E-state index contributed by atoms with van der Waals surface area (Å²) in [6.45, 7) is 8.95. The van der Waals surface area contributed by atoms with Crippen LogP contribution in [0, 0.1) is 5.92 Å². The molecule has 0 spiro atoms. The first kappa shape index (κ1) is 17.9. The highest BCUT2D eigenvalue weighted by Crippen LogP contribution is 2.54. The van der Waals surface area contributed by atoms with Crippen molar-refractivity contribution in [2.24, 2.45) is 5.92 Å². The molecule has 0 radical (unpaired) electrons. The van der Waals surface area contributed by atoms with Gasteiger partial charge in [-0.3, -0.25) is 4.79 Å². The van der Waals surface area contributed by atoms with Crippen LogP contribution in [0.2, 0.25) is 0 Å². The average Bonchev–Trinajstić information content (AvgIpc) is 3.37. The van der Waals surface area contributed by atoms with Crippen molar-refractivity contribution in [3.8, 4) is 11.1 Å². The second-order valence-corrected chi connectivity index (χ2v) is 8.95. The number of Topliss-reactive ketones (excluding diaryl/α,β-unsaturated/α-hetero) is 1. The molecule has 1 unspecified atom stereocenters. The highest BCUT2D eigenvalue weighted by Gasteiger charge is 2.37. The van der Waals surface area contributed by atoms with E-state index in [1.54, 1.807) is 0 Å². The second kappa shape index (κ2) is 6.72. The van der Waals surface area contributed by atoms with Crippen LogP contribution >= 0.6 is 0 Å². The van der Waals surface area contributed by atoms with Crippen molar-refractivity contribution in [1.29, 1.82) is 0 Å². The molecule has 0 aliphatic heterocycles. The summed E-state index contributed by atoms with van der Waals surface area (Å²) in [5.74, 6) is 1.64. The average molecular weight is 371 g/mol. The van der Waals surface area contributed by atoms with E-state index in [1.165, 1.54) is 70.2 Å². The van der Waals surface area contributed by atoms with E-state index in [0.717, 1.165) is 30.7 Å². The van der Waals surface area contributed by atoms with E-state index in [9.17, 15) is 4.79 Å². The van der Waals surface area contributed by atoms with Gasteiger partial charge in [-0.1, -0.05) is 57.5 Å². The van der Waals surface area contributed by atoms with Crippen molar-refractivity contribution < 1.29 is 4.79 Å². The number of ketones is 1. The molecule has 5 rings (SSSR count). The highest BCUT2D eigenvalue weighted by molar-refractivity contribution is 6.04. The fourth-order valence-corrected chi connectivity index (χ4v) is 5.98. The molecule has 0 fully saturated rings. The minimum atomic E-state index is 0.330. The molecule has 1 nitrogen and oxygen atoms in total. The summed E-state index contributed by atoms with van der Waals surface area (Å²) in [4.78, 5) is 12.4. The summed E-state index contributed by atoms with van der Waals surface area (Å²) < 4.78 is 0. The van der Waals surface area contributed by atoms with Crippen LogP contribution in [0.4, 0.5) is 0 Å². The van der Waals surface area contributed by atoms with Crippen LogP contribution in [0.1, 0.15) is 96.5 Å². The van der Waals surface area contributed by atoms with Crippen molar-refractivity contribution in [2.45, 2.75) is 71.1 Å². The number of benzene rings is 2. The van der Waals surface area contributed by atoms with Gasteiger partial charge in [0.25, 0.3) is 0 Å². The van der Waals surface area contributed by atoms with Crippen molar-refractivity contribution in [3.05, 3.63) is 64.2 Å². The van der Waals surface area contributed by atoms with Gasteiger partial charge >= 0.3 is 0 Å². The van der Waals surface area contributed by atoms with E-state index < -0.39 is 0 Å². The van der Waals surface area contributed by atoms with E-state index in [-0.39, 0.29) is 0 Å². The third kappa shape index (κ3) is 2.48. The Balaban J connectivity index is 1.68. The van der Waals surface area contributed by atoms with Crippen LogP contribution in [0.5, 0.6) is 0 Å². The van der Waals surface area contributed by atoms with Crippen LogP contribution < -0.4 is 0 Å². The summed E-state index contributed by atoms with van der Waals surface area (Å²) >= 11 is 0. The monoisotopic (exact) mass is 370 g/mol. The minimum Gasteiger partial charge on any atom is -0.294 e. The number of hydrogen-bond donors (Lipinski definition) is 0. The first-order valence-corrected chi connectivity index (χ1v) is 11.2. The molecule has 0 saturated heterocycles. The highest BCUT2D eigenvalue weighted by atomic mass is 16.1. The number of hydrogen-bond acceptors (Lipinski definition) is 1. The smallest absolute Gasteiger partial charge is 0.163 e. The normalized spacial score (nSPS) is 19.2. The predicted molar refractivity (Wildman–Crippen MR) is 117 cm³/mol. The van der Waals surface area contributed by atoms with Crippen molar-refractivity contribution in [2.75, 3.05) is 0 Å². The molecule has 0 saturated carbocycles. The lowest BCUT2D eigenvalue weighted by Gasteiger charge is -2.18. The van der Waals surface area contributed by atoms with Crippen LogP contribution in [-0.2, 0) is 12.8 Å². The zero-order valence-electron chi connectivity index (χ0n) is 17.2. The van der Waals surface area contributed by atoms with Crippen molar-refractivity contribution >= 4 is 11.4 Å². The number of rotatable bonds is 5. The van der Waals surface area contributed by atoms with E-state index in [2.05, 4.69) is 44.7 Å². The molecule has 1 heteroatoms. The molecule has 3 aliphatic rings. The Bertz CT molecular complexity index is 916. The largest absolute Gasteiger partial charge is 0.294 e. The molecule has 0 heterocycles. The standard InChI is InChI=1S/C27H30O/c1-4-17(5-2)7-9-19-22-12-10-18-16(3)6-8-21(18)26(22)27-23(19)13-11-20-24(27)14-15-25(20)28/h10-13,17,19H,3-9,14-15H2,1-2H3. The maximum atomic E-state index is 12.4. The summed E-state index contributed by atoms with van der Waals surface area (Å²) in [5, 5.41) is 0. The lowest BCUT2D eigenvalue weighted by atomic mass is 9.86. The van der Waals surface area contributed by atoms with Gasteiger partial charge in [0, 0.05) is 17.9 Å². The maximum Gasteiger partial charge on any atom is 0.163 e. The molecule has 2 aromatic carbocycles. The molecular formula is C27H30O. The van der Waals surface area contributed by atoms with E-state index in [0.29, 0.717) is 18.1 Å². The molecular weight excluding hydrogens is 340 g/mol. The zero-order valence-corrected chi connectivity index (χ0v) is 17.2. The molecule has 1 atom stereocenters. The minimum absolute atomic E-state index is 0.330. The van der Waals surface area contributed by atoms with Crippen molar-refractivity contribution in [1.82, 2.24) is 0 Å². The molecule has 0 amide bonds. The van der Waals surface area contributed by atoms with Crippen LogP contribution in [-0.4, -0.2) is 5.78 Å². The van der Waals surface area contributed by atoms with Gasteiger partial charge in [0.2, 0.25) is 0 Å². The SMILES string of the molecule is C=C1CCc2c1ccc1c2-c2c(ccc3c2CCC3=O)C1CCC(CC)CC. The van der Waals surface area contributed by atoms with Crippen LogP contribution in [0.15, 0.2) is 30.8 Å². The lowest BCUT2D eigenvalue weighted by molar-refractivity contribution is 0.0994. The van der Waals surface area contributed by atoms with Crippen LogP contribution in [0.3, 0.4) is 0 Å². The Morgan fingerprint density at radius 1 is 0.893 bits per heavy atom. The van der Waals surface area contributed by atoms with Gasteiger partial charge in [0.15, 0.2) is 5.78 Å². The quantitative estimate of drug-likeness (QED) is 0.548. The number of carbonyl (C=O) groups is 1. The van der Waals surface area contributed by atoms with E-state index >= 15 is 0 Å². The van der Waals surface area contributed by atoms with Gasteiger partial charge in [-0.25, -0.2) is 0 Å². The Morgan fingerprint density at radius 2 is 1.50 bits per heavy atom. The van der Waals surface area contributed by atoms with Crippen molar-refractivity contribution in [3.63, 3.8) is 0 Å². The Morgan fingerprint density at radius 3 is 2.18 bits per heavy atom. The number of allylic oxidation sites excluding steroid dienone is 1. The van der Waals surface area contributed by atoms with Gasteiger partial charge < -0.3 is 0 Å². The first-order valence-electron chi connectivity index (χ1n) is 11.2.